The van der Waals surface area contributed by atoms with Gasteiger partial charge in [0.1, 0.15) is 17.4 Å². The van der Waals surface area contributed by atoms with E-state index in [9.17, 15) is 10.1 Å². The maximum absolute atomic E-state index is 12.4. The molecular weight excluding hydrogens is 392 g/mol. The monoisotopic (exact) mass is 408 g/mol. The number of para-hydroxylation sites is 1. The average molecular weight is 409 g/mol. The van der Waals surface area contributed by atoms with Crippen molar-refractivity contribution >= 4 is 41.0 Å². The van der Waals surface area contributed by atoms with Crippen molar-refractivity contribution in [3.63, 3.8) is 0 Å². The standard InChI is InChI=1S/C22H17ClN2O2S/c1-15-4-2-3-5-20(15)25-22(26)17(13-24)12-19-10-11-21(27-19)28-14-16-6-8-18(23)9-7-16/h2-12H,14H2,1H3,(H,25,26). The highest BCUT2D eigenvalue weighted by atomic mass is 35.5. The van der Waals surface area contributed by atoms with Crippen molar-refractivity contribution in [1.82, 2.24) is 0 Å². The molecule has 0 fully saturated rings. The van der Waals surface area contributed by atoms with Crippen molar-refractivity contribution in [3.8, 4) is 6.07 Å². The summed E-state index contributed by atoms with van der Waals surface area (Å²) in [5.74, 6) is 0.714. The van der Waals surface area contributed by atoms with E-state index < -0.39 is 5.91 Å². The number of furan rings is 1. The number of benzene rings is 2. The number of rotatable bonds is 6. The quantitative estimate of drug-likeness (QED) is 0.305. The van der Waals surface area contributed by atoms with E-state index in [1.807, 2.05) is 61.5 Å². The molecule has 3 rings (SSSR count). The summed E-state index contributed by atoms with van der Waals surface area (Å²) in [6, 6.07) is 20.5. The largest absolute Gasteiger partial charge is 0.450 e. The molecule has 0 aliphatic carbocycles. The molecule has 1 amide bonds. The lowest BCUT2D eigenvalue weighted by atomic mass is 10.2. The van der Waals surface area contributed by atoms with Crippen LogP contribution in [-0.2, 0) is 10.5 Å². The molecule has 0 saturated heterocycles. The molecule has 1 heterocycles. The van der Waals surface area contributed by atoms with Crippen molar-refractivity contribution in [1.29, 1.82) is 5.26 Å². The fraction of sp³-hybridized carbons (Fsp3) is 0.0909. The van der Waals surface area contributed by atoms with Gasteiger partial charge in [-0.2, -0.15) is 5.26 Å². The molecule has 6 heteroatoms. The second-order valence-electron chi connectivity index (χ2n) is 6.01. The third-order valence-corrected chi connectivity index (χ3v) is 5.17. The highest BCUT2D eigenvalue weighted by molar-refractivity contribution is 7.98. The number of halogens is 1. The maximum atomic E-state index is 12.4. The number of nitrogens with zero attached hydrogens (tertiary/aromatic N) is 1. The van der Waals surface area contributed by atoms with E-state index >= 15 is 0 Å². The van der Waals surface area contributed by atoms with Gasteiger partial charge in [-0.15, -0.1) is 0 Å². The number of hydrogen-bond donors (Lipinski definition) is 1. The van der Waals surface area contributed by atoms with E-state index in [2.05, 4.69) is 5.32 Å². The van der Waals surface area contributed by atoms with E-state index in [0.29, 0.717) is 21.6 Å². The number of nitriles is 1. The Labute approximate surface area is 172 Å². The fourth-order valence-corrected chi connectivity index (χ4v) is 3.37. The predicted molar refractivity (Wildman–Crippen MR) is 113 cm³/mol. The van der Waals surface area contributed by atoms with Gasteiger partial charge in [-0.1, -0.05) is 53.7 Å². The Hall–Kier alpha value is -2.94. The number of thioether (sulfide) groups is 1. The van der Waals surface area contributed by atoms with Crippen molar-refractivity contribution in [2.45, 2.75) is 17.8 Å². The minimum absolute atomic E-state index is 0.0214. The first kappa shape index (κ1) is 19.8. The van der Waals surface area contributed by atoms with Crippen LogP contribution in [0.15, 0.2) is 75.7 Å². The second kappa shape index (κ2) is 9.32. The van der Waals surface area contributed by atoms with Crippen LogP contribution in [0, 0.1) is 18.3 Å². The highest BCUT2D eigenvalue weighted by Gasteiger charge is 2.12. The first-order chi connectivity index (χ1) is 13.5. The Morgan fingerprint density at radius 1 is 1.18 bits per heavy atom. The normalized spacial score (nSPS) is 11.1. The lowest BCUT2D eigenvalue weighted by molar-refractivity contribution is -0.112. The van der Waals surface area contributed by atoms with Crippen LogP contribution in [0.1, 0.15) is 16.9 Å². The molecule has 0 saturated carbocycles. The van der Waals surface area contributed by atoms with Gasteiger partial charge in [0.25, 0.3) is 5.91 Å². The van der Waals surface area contributed by atoms with Crippen LogP contribution >= 0.6 is 23.4 Å². The Kier molecular flexibility index (Phi) is 6.59. The molecule has 3 aromatic rings. The number of nitrogens with one attached hydrogen (secondary N) is 1. The van der Waals surface area contributed by atoms with Gasteiger partial charge in [-0.05, 0) is 48.4 Å². The minimum Gasteiger partial charge on any atom is -0.450 e. The average Bonchev–Trinajstić information content (AvgIpc) is 3.15. The lowest BCUT2D eigenvalue weighted by Gasteiger charge is -2.06. The lowest BCUT2D eigenvalue weighted by Crippen LogP contribution is -2.14. The van der Waals surface area contributed by atoms with Crippen LogP contribution in [0.4, 0.5) is 5.69 Å². The van der Waals surface area contributed by atoms with E-state index in [4.69, 9.17) is 16.0 Å². The smallest absolute Gasteiger partial charge is 0.266 e. The molecule has 0 unspecified atom stereocenters. The Bertz CT molecular complexity index is 1050. The van der Waals surface area contributed by atoms with E-state index in [1.54, 1.807) is 12.1 Å². The molecule has 0 radical (unpaired) electrons. The van der Waals surface area contributed by atoms with Gasteiger partial charge in [-0.3, -0.25) is 4.79 Å². The van der Waals surface area contributed by atoms with Crippen LogP contribution in [0.3, 0.4) is 0 Å². The van der Waals surface area contributed by atoms with Gasteiger partial charge in [0.2, 0.25) is 0 Å². The van der Waals surface area contributed by atoms with Gasteiger partial charge in [0.15, 0.2) is 5.09 Å². The number of hydrogen-bond acceptors (Lipinski definition) is 4. The Balaban J connectivity index is 1.66. The van der Waals surface area contributed by atoms with Gasteiger partial charge >= 0.3 is 0 Å². The van der Waals surface area contributed by atoms with Crippen molar-refractivity contribution < 1.29 is 9.21 Å². The molecule has 0 aliphatic heterocycles. The predicted octanol–water partition coefficient (Wildman–Crippen LogP) is 6.08. The van der Waals surface area contributed by atoms with Gasteiger partial charge in [0.05, 0.1) is 0 Å². The summed E-state index contributed by atoms with van der Waals surface area (Å²) in [4.78, 5) is 12.4. The molecule has 28 heavy (non-hydrogen) atoms. The third kappa shape index (κ3) is 5.29. The van der Waals surface area contributed by atoms with Crippen LogP contribution in [0.5, 0.6) is 0 Å². The fourth-order valence-electron chi connectivity index (χ4n) is 2.42. The van der Waals surface area contributed by atoms with Crippen LogP contribution < -0.4 is 5.32 Å². The van der Waals surface area contributed by atoms with Gasteiger partial charge in [-0.25, -0.2) is 0 Å². The zero-order valence-electron chi connectivity index (χ0n) is 15.1. The molecule has 1 aromatic heterocycles. The number of anilines is 1. The van der Waals surface area contributed by atoms with Crippen molar-refractivity contribution in [2.75, 3.05) is 5.32 Å². The third-order valence-electron chi connectivity index (χ3n) is 3.94. The maximum Gasteiger partial charge on any atom is 0.266 e. The number of carbonyl (C=O) groups excluding carboxylic acids is 1. The van der Waals surface area contributed by atoms with E-state index in [1.165, 1.54) is 17.8 Å². The Morgan fingerprint density at radius 2 is 1.93 bits per heavy atom. The summed E-state index contributed by atoms with van der Waals surface area (Å²) in [7, 11) is 0. The number of carbonyl (C=O) groups is 1. The van der Waals surface area contributed by atoms with E-state index in [-0.39, 0.29) is 5.57 Å². The molecule has 0 aliphatic rings. The molecule has 4 nitrogen and oxygen atoms in total. The summed E-state index contributed by atoms with van der Waals surface area (Å²) < 4.78 is 5.71. The SMILES string of the molecule is Cc1ccccc1NC(=O)C(C#N)=Cc1ccc(SCc2ccc(Cl)cc2)o1. The molecule has 0 bridgehead atoms. The summed E-state index contributed by atoms with van der Waals surface area (Å²) in [5.41, 5.74) is 2.70. The molecular formula is C22H17ClN2O2S. The Morgan fingerprint density at radius 3 is 2.64 bits per heavy atom. The zero-order valence-corrected chi connectivity index (χ0v) is 16.7. The summed E-state index contributed by atoms with van der Waals surface area (Å²) in [5, 5.41) is 13.5. The summed E-state index contributed by atoms with van der Waals surface area (Å²) in [6.45, 7) is 1.89. The van der Waals surface area contributed by atoms with Gasteiger partial charge in [0, 0.05) is 22.5 Å². The van der Waals surface area contributed by atoms with Gasteiger partial charge < -0.3 is 9.73 Å². The minimum atomic E-state index is -0.469. The first-order valence-corrected chi connectivity index (χ1v) is 9.87. The van der Waals surface area contributed by atoms with Crippen molar-refractivity contribution in [3.05, 3.63) is 88.1 Å². The molecule has 1 N–H and O–H groups in total. The molecule has 140 valence electrons. The zero-order chi connectivity index (χ0) is 19.9. The van der Waals surface area contributed by atoms with E-state index in [0.717, 1.165) is 16.9 Å². The molecule has 0 atom stereocenters. The number of amides is 1. The molecule has 2 aromatic carbocycles. The summed E-state index contributed by atoms with van der Waals surface area (Å²) >= 11 is 7.41. The number of aryl methyl sites for hydroxylation is 1. The second-order valence-corrected chi connectivity index (χ2v) is 7.43. The molecule has 0 spiro atoms. The van der Waals surface area contributed by atoms with Crippen molar-refractivity contribution in [2.24, 2.45) is 0 Å². The highest BCUT2D eigenvalue weighted by Crippen LogP contribution is 2.26. The summed E-state index contributed by atoms with van der Waals surface area (Å²) in [6.07, 6.45) is 1.44. The topological polar surface area (TPSA) is 66.0 Å². The first-order valence-electron chi connectivity index (χ1n) is 8.51. The van der Waals surface area contributed by atoms with Crippen LogP contribution in [-0.4, -0.2) is 5.91 Å². The van der Waals surface area contributed by atoms with Crippen LogP contribution in [0.25, 0.3) is 6.08 Å². The van der Waals surface area contributed by atoms with Crippen LogP contribution in [0.2, 0.25) is 5.02 Å².